The van der Waals surface area contributed by atoms with Crippen molar-refractivity contribution in [2.45, 2.75) is 19.2 Å². The van der Waals surface area contributed by atoms with E-state index < -0.39 is 4.92 Å². The topological polar surface area (TPSA) is 61.0 Å². The fourth-order valence-corrected chi connectivity index (χ4v) is 2.05. The quantitative estimate of drug-likeness (QED) is 0.485. The Labute approximate surface area is 109 Å². The third kappa shape index (κ3) is 2.22. The van der Waals surface area contributed by atoms with Gasteiger partial charge in [-0.15, -0.1) is 11.6 Å². The van der Waals surface area contributed by atoms with Crippen LogP contribution in [-0.4, -0.2) is 14.5 Å². The molecule has 0 aliphatic heterocycles. The summed E-state index contributed by atoms with van der Waals surface area (Å²) in [6.45, 7) is 2.01. The van der Waals surface area contributed by atoms with E-state index in [1.807, 2.05) is 17.7 Å². The number of rotatable bonds is 4. The van der Waals surface area contributed by atoms with Crippen LogP contribution in [0.25, 0.3) is 5.69 Å². The van der Waals surface area contributed by atoms with Gasteiger partial charge in [0.05, 0.1) is 10.8 Å². The van der Waals surface area contributed by atoms with Crippen molar-refractivity contribution in [1.29, 1.82) is 0 Å². The maximum absolute atomic E-state index is 10.8. The molecule has 1 aromatic heterocycles. The van der Waals surface area contributed by atoms with Crippen LogP contribution in [0.5, 0.6) is 0 Å². The smallest absolute Gasteiger partial charge is 0.273 e. The molecule has 0 radical (unpaired) electrons. The molecule has 0 unspecified atom stereocenters. The van der Waals surface area contributed by atoms with Crippen LogP contribution < -0.4 is 0 Å². The van der Waals surface area contributed by atoms with E-state index in [2.05, 4.69) is 4.98 Å². The molecule has 6 heteroatoms. The van der Waals surface area contributed by atoms with Gasteiger partial charge in [-0.3, -0.25) is 10.1 Å². The van der Waals surface area contributed by atoms with E-state index in [0.717, 1.165) is 17.9 Å². The lowest BCUT2D eigenvalue weighted by Gasteiger charge is -2.08. The van der Waals surface area contributed by atoms with Crippen molar-refractivity contribution in [3.63, 3.8) is 0 Å². The normalized spacial score (nSPS) is 10.6. The fraction of sp³-hybridized carbons (Fsp3) is 0.250. The molecule has 1 aromatic carbocycles. The Morgan fingerprint density at radius 3 is 2.89 bits per heavy atom. The Kier molecular flexibility index (Phi) is 3.62. The molecule has 0 saturated carbocycles. The number of benzene rings is 1. The van der Waals surface area contributed by atoms with Crippen molar-refractivity contribution in [3.8, 4) is 5.69 Å². The van der Waals surface area contributed by atoms with E-state index in [9.17, 15) is 10.1 Å². The number of aryl methyl sites for hydroxylation is 1. The summed E-state index contributed by atoms with van der Waals surface area (Å²) < 4.78 is 1.90. The molecule has 0 bridgehead atoms. The summed E-state index contributed by atoms with van der Waals surface area (Å²) in [5, 5.41) is 10.8. The van der Waals surface area contributed by atoms with Gasteiger partial charge in [0.2, 0.25) is 0 Å². The molecule has 0 N–H and O–H groups in total. The van der Waals surface area contributed by atoms with E-state index in [4.69, 9.17) is 11.6 Å². The number of halogens is 1. The molecule has 2 rings (SSSR count). The summed E-state index contributed by atoms with van der Waals surface area (Å²) in [5.41, 5.74) is 1.40. The molecule has 5 nitrogen and oxygen atoms in total. The van der Waals surface area contributed by atoms with Crippen molar-refractivity contribution in [1.82, 2.24) is 9.55 Å². The summed E-state index contributed by atoms with van der Waals surface area (Å²) in [6.07, 6.45) is 4.33. The Hall–Kier alpha value is -1.88. The molecule has 0 fully saturated rings. The molecule has 94 valence electrons. The number of imidazole rings is 1. The summed E-state index contributed by atoms with van der Waals surface area (Å²) in [4.78, 5) is 14.6. The van der Waals surface area contributed by atoms with Crippen molar-refractivity contribution < 1.29 is 4.92 Å². The molecule has 0 spiro atoms. The number of alkyl halides is 1. The molecule has 0 amide bonds. The zero-order valence-corrected chi connectivity index (χ0v) is 10.6. The van der Waals surface area contributed by atoms with Crippen LogP contribution in [0.1, 0.15) is 18.3 Å². The van der Waals surface area contributed by atoms with Gasteiger partial charge in [-0.25, -0.2) is 4.98 Å². The molecule has 1 heterocycles. The Bertz CT molecular complexity index is 580. The highest BCUT2D eigenvalue weighted by molar-refractivity contribution is 6.17. The van der Waals surface area contributed by atoms with E-state index in [1.54, 1.807) is 18.3 Å². The number of nitro benzene ring substituents is 1. The average molecular weight is 266 g/mol. The Balaban J connectivity index is 2.51. The largest absolute Gasteiger partial charge is 0.304 e. The van der Waals surface area contributed by atoms with E-state index in [0.29, 0.717) is 5.56 Å². The SMILES string of the molecule is CCc1nccn1-c1ccc([N+](=O)[O-])c(CCl)c1. The number of nitro groups is 1. The molecule has 0 atom stereocenters. The van der Waals surface area contributed by atoms with Gasteiger partial charge >= 0.3 is 0 Å². The highest BCUT2D eigenvalue weighted by atomic mass is 35.5. The summed E-state index contributed by atoms with van der Waals surface area (Å²) in [7, 11) is 0. The minimum atomic E-state index is -0.421. The summed E-state index contributed by atoms with van der Waals surface area (Å²) in [5.74, 6) is 1.02. The average Bonchev–Trinajstić information content (AvgIpc) is 2.86. The maximum Gasteiger partial charge on any atom is 0.273 e. The summed E-state index contributed by atoms with van der Waals surface area (Å²) >= 11 is 5.75. The molecule has 0 aliphatic rings. The lowest BCUT2D eigenvalue weighted by Crippen LogP contribution is -2.01. The second kappa shape index (κ2) is 5.18. The zero-order chi connectivity index (χ0) is 13.1. The third-order valence-electron chi connectivity index (χ3n) is 2.72. The van der Waals surface area contributed by atoms with Crippen LogP contribution in [0.3, 0.4) is 0 Å². The van der Waals surface area contributed by atoms with Crippen LogP contribution in [0.15, 0.2) is 30.6 Å². The first kappa shape index (κ1) is 12.6. The number of aromatic nitrogens is 2. The van der Waals surface area contributed by atoms with Crippen LogP contribution in [-0.2, 0) is 12.3 Å². The lowest BCUT2D eigenvalue weighted by atomic mass is 10.2. The zero-order valence-electron chi connectivity index (χ0n) is 9.84. The first-order valence-corrected chi connectivity index (χ1v) is 6.06. The van der Waals surface area contributed by atoms with Gasteiger partial charge in [0, 0.05) is 36.1 Å². The first-order valence-electron chi connectivity index (χ1n) is 5.53. The number of hydrogen-bond donors (Lipinski definition) is 0. The highest BCUT2D eigenvalue weighted by Crippen LogP contribution is 2.24. The van der Waals surface area contributed by atoms with Crippen molar-refractivity contribution in [3.05, 3.63) is 52.1 Å². The predicted molar refractivity (Wildman–Crippen MR) is 69.2 cm³/mol. The number of hydrogen-bond acceptors (Lipinski definition) is 3. The van der Waals surface area contributed by atoms with Gasteiger partial charge < -0.3 is 4.57 Å². The Morgan fingerprint density at radius 1 is 1.50 bits per heavy atom. The van der Waals surface area contributed by atoms with Gasteiger partial charge in [-0.1, -0.05) is 6.92 Å². The second-order valence-corrected chi connectivity index (χ2v) is 4.04. The summed E-state index contributed by atoms with van der Waals surface area (Å²) in [6, 6.07) is 4.91. The minimum absolute atomic E-state index is 0.0481. The predicted octanol–water partition coefficient (Wildman–Crippen LogP) is 3.08. The van der Waals surface area contributed by atoms with Gasteiger partial charge in [-0.05, 0) is 12.1 Å². The van der Waals surface area contributed by atoms with E-state index in [1.165, 1.54) is 6.07 Å². The fourth-order valence-electron chi connectivity index (χ4n) is 1.84. The van der Waals surface area contributed by atoms with Crippen LogP contribution in [0.4, 0.5) is 5.69 Å². The molecular formula is C12H12ClN3O2. The van der Waals surface area contributed by atoms with Crippen LogP contribution >= 0.6 is 11.6 Å². The Morgan fingerprint density at radius 2 is 2.28 bits per heavy atom. The van der Waals surface area contributed by atoms with Gasteiger partial charge in [0.1, 0.15) is 5.82 Å². The van der Waals surface area contributed by atoms with Crippen molar-refractivity contribution in [2.75, 3.05) is 0 Å². The lowest BCUT2D eigenvalue weighted by molar-refractivity contribution is -0.385. The molecule has 0 aliphatic carbocycles. The van der Waals surface area contributed by atoms with Crippen molar-refractivity contribution in [2.24, 2.45) is 0 Å². The third-order valence-corrected chi connectivity index (χ3v) is 3.00. The molecule has 18 heavy (non-hydrogen) atoms. The molecule has 0 saturated heterocycles. The minimum Gasteiger partial charge on any atom is -0.304 e. The standard InChI is InChI=1S/C12H12ClN3O2/c1-2-12-14-5-6-15(12)10-3-4-11(16(17)18)9(7-10)8-13/h3-7H,2,8H2,1H3. The van der Waals surface area contributed by atoms with E-state index >= 15 is 0 Å². The van der Waals surface area contributed by atoms with Crippen LogP contribution in [0, 0.1) is 10.1 Å². The highest BCUT2D eigenvalue weighted by Gasteiger charge is 2.14. The van der Waals surface area contributed by atoms with Crippen LogP contribution in [0.2, 0.25) is 0 Å². The van der Waals surface area contributed by atoms with Gasteiger partial charge in [0.25, 0.3) is 5.69 Å². The van der Waals surface area contributed by atoms with Gasteiger partial charge in [-0.2, -0.15) is 0 Å². The monoisotopic (exact) mass is 265 g/mol. The molecular weight excluding hydrogens is 254 g/mol. The van der Waals surface area contributed by atoms with Gasteiger partial charge in [0.15, 0.2) is 0 Å². The second-order valence-electron chi connectivity index (χ2n) is 3.77. The number of nitrogens with zero attached hydrogens (tertiary/aromatic N) is 3. The maximum atomic E-state index is 10.8. The van der Waals surface area contributed by atoms with E-state index in [-0.39, 0.29) is 11.6 Å². The van der Waals surface area contributed by atoms with Crippen molar-refractivity contribution >= 4 is 17.3 Å². The molecule has 2 aromatic rings. The first-order chi connectivity index (χ1) is 8.67.